The highest BCUT2D eigenvalue weighted by atomic mass is 16.6. The summed E-state index contributed by atoms with van der Waals surface area (Å²) in [4.78, 5) is 10.3. The van der Waals surface area contributed by atoms with Crippen molar-refractivity contribution in [1.29, 1.82) is 0 Å². The fraction of sp³-hybridized carbons (Fsp3) is 0.538. The monoisotopic (exact) mass is 251 g/mol. The number of ether oxygens (including phenoxy) is 2. The van der Waals surface area contributed by atoms with Gasteiger partial charge in [-0.2, -0.15) is 0 Å². The number of nitrogens with zero attached hydrogens (tertiary/aromatic N) is 1. The molecule has 1 aliphatic carbocycles. The van der Waals surface area contributed by atoms with Crippen molar-refractivity contribution in [1.82, 2.24) is 0 Å². The molecule has 1 aromatic rings. The summed E-state index contributed by atoms with van der Waals surface area (Å²) in [6.07, 6.45) is 4.83. The molecular weight excluding hydrogens is 234 g/mol. The van der Waals surface area contributed by atoms with Gasteiger partial charge in [-0.25, -0.2) is 0 Å². The van der Waals surface area contributed by atoms with Crippen molar-refractivity contribution < 1.29 is 14.4 Å². The molecule has 0 saturated heterocycles. The van der Waals surface area contributed by atoms with Crippen molar-refractivity contribution in [2.45, 2.75) is 25.7 Å². The van der Waals surface area contributed by atoms with Gasteiger partial charge in [0.1, 0.15) is 0 Å². The SMILES string of the molecule is COc1ccc([N+](=O)[O-])cc1OCCCC1CC1. The van der Waals surface area contributed by atoms with Gasteiger partial charge in [-0.05, 0) is 24.8 Å². The van der Waals surface area contributed by atoms with Gasteiger partial charge in [-0.3, -0.25) is 10.1 Å². The van der Waals surface area contributed by atoms with E-state index in [1.54, 1.807) is 6.07 Å². The van der Waals surface area contributed by atoms with Crippen LogP contribution in [0.15, 0.2) is 18.2 Å². The van der Waals surface area contributed by atoms with E-state index in [9.17, 15) is 10.1 Å². The van der Waals surface area contributed by atoms with Gasteiger partial charge in [0.2, 0.25) is 0 Å². The number of rotatable bonds is 7. The van der Waals surface area contributed by atoms with Crippen LogP contribution >= 0.6 is 0 Å². The molecule has 0 aliphatic heterocycles. The topological polar surface area (TPSA) is 61.6 Å². The molecule has 98 valence electrons. The van der Waals surface area contributed by atoms with E-state index in [1.165, 1.54) is 38.5 Å². The molecule has 2 rings (SSSR count). The Morgan fingerprint density at radius 1 is 1.39 bits per heavy atom. The highest BCUT2D eigenvalue weighted by molar-refractivity contribution is 5.48. The minimum absolute atomic E-state index is 0.0213. The Balaban J connectivity index is 1.94. The summed E-state index contributed by atoms with van der Waals surface area (Å²) < 4.78 is 10.7. The standard InChI is InChI=1S/C13H17NO4/c1-17-12-7-6-11(14(15)16)9-13(12)18-8-2-3-10-4-5-10/h6-7,9-10H,2-5,8H2,1H3. The van der Waals surface area contributed by atoms with Crippen LogP contribution in [-0.4, -0.2) is 18.6 Å². The van der Waals surface area contributed by atoms with E-state index in [0.29, 0.717) is 18.1 Å². The highest BCUT2D eigenvalue weighted by Crippen LogP contribution is 2.34. The predicted molar refractivity (Wildman–Crippen MR) is 67.1 cm³/mol. The number of methoxy groups -OCH3 is 1. The summed E-state index contributed by atoms with van der Waals surface area (Å²) in [6.45, 7) is 0.577. The van der Waals surface area contributed by atoms with Crippen molar-refractivity contribution in [2.24, 2.45) is 5.92 Å². The van der Waals surface area contributed by atoms with Crippen LogP contribution in [0.5, 0.6) is 11.5 Å². The first-order valence-corrected chi connectivity index (χ1v) is 6.16. The summed E-state index contributed by atoms with van der Waals surface area (Å²) in [7, 11) is 1.53. The Morgan fingerprint density at radius 3 is 2.78 bits per heavy atom. The van der Waals surface area contributed by atoms with E-state index < -0.39 is 4.92 Å². The molecule has 1 aliphatic rings. The van der Waals surface area contributed by atoms with Gasteiger partial charge in [0, 0.05) is 6.07 Å². The molecule has 0 atom stereocenters. The molecule has 0 aromatic heterocycles. The van der Waals surface area contributed by atoms with Gasteiger partial charge in [0.25, 0.3) is 5.69 Å². The number of hydrogen-bond donors (Lipinski definition) is 0. The summed E-state index contributed by atoms with van der Waals surface area (Å²) >= 11 is 0. The molecule has 18 heavy (non-hydrogen) atoms. The third-order valence-electron chi connectivity index (χ3n) is 3.07. The fourth-order valence-corrected chi connectivity index (χ4v) is 1.85. The summed E-state index contributed by atoms with van der Waals surface area (Å²) in [5.74, 6) is 1.86. The van der Waals surface area contributed by atoms with Crippen molar-refractivity contribution in [3.8, 4) is 11.5 Å². The summed E-state index contributed by atoms with van der Waals surface area (Å²) in [5, 5.41) is 10.7. The third-order valence-corrected chi connectivity index (χ3v) is 3.07. The first-order chi connectivity index (χ1) is 8.70. The number of non-ortho nitro benzene ring substituents is 1. The minimum Gasteiger partial charge on any atom is -0.493 e. The third kappa shape index (κ3) is 3.35. The molecule has 1 fully saturated rings. The second kappa shape index (κ2) is 5.71. The highest BCUT2D eigenvalue weighted by Gasteiger charge is 2.20. The van der Waals surface area contributed by atoms with Gasteiger partial charge in [0.15, 0.2) is 11.5 Å². The molecule has 5 heteroatoms. The molecular formula is C13H17NO4. The molecule has 0 heterocycles. The average Bonchev–Trinajstić information content (AvgIpc) is 3.18. The quantitative estimate of drug-likeness (QED) is 0.424. The van der Waals surface area contributed by atoms with Crippen molar-refractivity contribution >= 4 is 5.69 Å². The van der Waals surface area contributed by atoms with Gasteiger partial charge in [0.05, 0.1) is 24.7 Å². The maximum absolute atomic E-state index is 10.7. The van der Waals surface area contributed by atoms with Gasteiger partial charge >= 0.3 is 0 Å². The zero-order valence-electron chi connectivity index (χ0n) is 10.4. The van der Waals surface area contributed by atoms with Crippen LogP contribution in [0.1, 0.15) is 25.7 Å². The maximum atomic E-state index is 10.7. The lowest BCUT2D eigenvalue weighted by Crippen LogP contribution is -2.00. The smallest absolute Gasteiger partial charge is 0.273 e. The number of nitro benzene ring substituents is 1. The second-order valence-electron chi connectivity index (χ2n) is 4.53. The average molecular weight is 251 g/mol. The molecule has 0 amide bonds. The van der Waals surface area contributed by atoms with Gasteiger partial charge in [-0.1, -0.05) is 12.8 Å². The van der Waals surface area contributed by atoms with E-state index >= 15 is 0 Å². The largest absolute Gasteiger partial charge is 0.493 e. The summed E-state index contributed by atoms with van der Waals surface area (Å²) in [6, 6.07) is 4.39. The minimum atomic E-state index is -0.434. The number of hydrogen-bond acceptors (Lipinski definition) is 4. The van der Waals surface area contributed by atoms with Crippen molar-refractivity contribution in [2.75, 3.05) is 13.7 Å². The van der Waals surface area contributed by atoms with E-state index in [1.807, 2.05) is 0 Å². The molecule has 1 saturated carbocycles. The lowest BCUT2D eigenvalue weighted by Gasteiger charge is -2.10. The molecule has 0 bridgehead atoms. The Morgan fingerprint density at radius 2 is 2.17 bits per heavy atom. The van der Waals surface area contributed by atoms with Crippen LogP contribution in [0, 0.1) is 16.0 Å². The zero-order valence-corrected chi connectivity index (χ0v) is 10.4. The summed E-state index contributed by atoms with van der Waals surface area (Å²) in [5.41, 5.74) is 0.0213. The van der Waals surface area contributed by atoms with E-state index in [-0.39, 0.29) is 5.69 Å². The lowest BCUT2D eigenvalue weighted by atomic mass is 10.2. The first kappa shape index (κ1) is 12.7. The molecule has 5 nitrogen and oxygen atoms in total. The Bertz CT molecular complexity index is 429. The van der Waals surface area contributed by atoms with Crippen molar-refractivity contribution in [3.05, 3.63) is 28.3 Å². The van der Waals surface area contributed by atoms with E-state index in [0.717, 1.165) is 12.3 Å². The van der Waals surface area contributed by atoms with Crippen molar-refractivity contribution in [3.63, 3.8) is 0 Å². The normalized spacial score (nSPS) is 14.3. The van der Waals surface area contributed by atoms with Gasteiger partial charge < -0.3 is 9.47 Å². The Hall–Kier alpha value is -1.78. The van der Waals surface area contributed by atoms with Crippen LogP contribution in [0.25, 0.3) is 0 Å². The molecule has 0 N–H and O–H groups in total. The first-order valence-electron chi connectivity index (χ1n) is 6.16. The molecule has 0 unspecified atom stereocenters. The predicted octanol–water partition coefficient (Wildman–Crippen LogP) is 3.17. The molecule has 0 spiro atoms. The van der Waals surface area contributed by atoms with Crippen LogP contribution in [0.2, 0.25) is 0 Å². The lowest BCUT2D eigenvalue weighted by molar-refractivity contribution is -0.385. The maximum Gasteiger partial charge on any atom is 0.273 e. The van der Waals surface area contributed by atoms with E-state index in [2.05, 4.69) is 0 Å². The Kier molecular flexibility index (Phi) is 4.02. The second-order valence-corrected chi connectivity index (χ2v) is 4.53. The molecule has 0 radical (unpaired) electrons. The fourth-order valence-electron chi connectivity index (χ4n) is 1.85. The van der Waals surface area contributed by atoms with Crippen LogP contribution in [0.4, 0.5) is 5.69 Å². The van der Waals surface area contributed by atoms with E-state index in [4.69, 9.17) is 9.47 Å². The number of nitro groups is 1. The van der Waals surface area contributed by atoms with Crippen LogP contribution in [-0.2, 0) is 0 Å². The zero-order chi connectivity index (χ0) is 13.0. The van der Waals surface area contributed by atoms with Crippen LogP contribution < -0.4 is 9.47 Å². The Labute approximate surface area is 106 Å². The number of benzene rings is 1. The van der Waals surface area contributed by atoms with Gasteiger partial charge in [-0.15, -0.1) is 0 Å². The molecule has 1 aromatic carbocycles. The van der Waals surface area contributed by atoms with Crippen LogP contribution in [0.3, 0.4) is 0 Å².